The van der Waals surface area contributed by atoms with Gasteiger partial charge in [0.15, 0.2) is 5.65 Å². The summed E-state index contributed by atoms with van der Waals surface area (Å²) in [5.41, 5.74) is 0.740. The van der Waals surface area contributed by atoms with E-state index in [1.165, 1.54) is 0 Å². The van der Waals surface area contributed by atoms with Crippen LogP contribution < -0.4 is 0 Å². The molecule has 0 N–H and O–H groups in total. The molecule has 0 atom stereocenters. The standard InChI is InChI=1S/C16H8ClF3N4S/c17-9-5-1-4-8-12(9)25-14-13-22-23-15(16(18,19)20)24(13)11-7-3-2-6-10(11)21-14/h1-8H. The molecule has 0 radical (unpaired) electrons. The Morgan fingerprint density at radius 3 is 2.44 bits per heavy atom. The molecule has 25 heavy (non-hydrogen) atoms. The van der Waals surface area contributed by atoms with Crippen molar-refractivity contribution in [1.29, 1.82) is 0 Å². The minimum absolute atomic E-state index is 0.0379. The highest BCUT2D eigenvalue weighted by Gasteiger charge is 2.38. The van der Waals surface area contributed by atoms with Gasteiger partial charge in [-0.2, -0.15) is 13.2 Å². The van der Waals surface area contributed by atoms with Gasteiger partial charge in [-0.1, -0.05) is 47.6 Å². The second kappa shape index (κ2) is 5.89. The largest absolute Gasteiger partial charge is 0.452 e. The Bertz CT molecular complexity index is 1090. The maximum atomic E-state index is 13.3. The van der Waals surface area contributed by atoms with Crippen molar-refractivity contribution in [1.82, 2.24) is 19.6 Å². The first-order valence-electron chi connectivity index (χ1n) is 7.08. The molecular weight excluding hydrogens is 373 g/mol. The van der Waals surface area contributed by atoms with Gasteiger partial charge in [-0.25, -0.2) is 4.98 Å². The van der Waals surface area contributed by atoms with Crippen LogP contribution in [-0.2, 0) is 6.18 Å². The lowest BCUT2D eigenvalue weighted by Crippen LogP contribution is -2.11. The van der Waals surface area contributed by atoms with Crippen LogP contribution in [0.1, 0.15) is 5.82 Å². The van der Waals surface area contributed by atoms with Gasteiger partial charge >= 0.3 is 6.18 Å². The highest BCUT2D eigenvalue weighted by molar-refractivity contribution is 7.99. The van der Waals surface area contributed by atoms with Gasteiger partial charge in [-0.15, -0.1) is 10.2 Å². The molecule has 0 aliphatic heterocycles. The van der Waals surface area contributed by atoms with Crippen molar-refractivity contribution in [2.24, 2.45) is 0 Å². The summed E-state index contributed by atoms with van der Waals surface area (Å²) in [6.07, 6.45) is -4.63. The van der Waals surface area contributed by atoms with Crippen LogP contribution in [0, 0.1) is 0 Å². The zero-order valence-corrected chi connectivity index (χ0v) is 13.9. The molecule has 2 aromatic carbocycles. The normalized spacial score (nSPS) is 12.2. The van der Waals surface area contributed by atoms with Crippen molar-refractivity contribution in [3.8, 4) is 0 Å². The zero-order chi connectivity index (χ0) is 17.6. The van der Waals surface area contributed by atoms with Crippen LogP contribution in [0.2, 0.25) is 5.02 Å². The summed E-state index contributed by atoms with van der Waals surface area (Å²) in [6, 6.07) is 13.6. The first-order valence-corrected chi connectivity index (χ1v) is 8.28. The topological polar surface area (TPSA) is 43.1 Å². The summed E-state index contributed by atoms with van der Waals surface area (Å²) < 4.78 is 41.0. The predicted molar refractivity (Wildman–Crippen MR) is 88.9 cm³/mol. The summed E-state index contributed by atoms with van der Waals surface area (Å²) in [5.74, 6) is -1.08. The molecule has 2 aromatic heterocycles. The molecule has 0 amide bonds. The molecule has 9 heteroatoms. The van der Waals surface area contributed by atoms with Gasteiger partial charge in [-0.05, 0) is 24.3 Å². The molecule has 126 valence electrons. The summed E-state index contributed by atoms with van der Waals surface area (Å²) >= 11 is 7.30. The molecule has 0 aliphatic carbocycles. The highest BCUT2D eigenvalue weighted by atomic mass is 35.5. The van der Waals surface area contributed by atoms with Crippen LogP contribution in [0.3, 0.4) is 0 Å². The van der Waals surface area contributed by atoms with Gasteiger partial charge < -0.3 is 0 Å². The Morgan fingerprint density at radius 2 is 1.68 bits per heavy atom. The average Bonchev–Trinajstić information content (AvgIpc) is 3.03. The Morgan fingerprint density at radius 1 is 0.960 bits per heavy atom. The number of hydrogen-bond donors (Lipinski definition) is 0. The third kappa shape index (κ3) is 2.81. The quantitative estimate of drug-likeness (QED) is 0.485. The van der Waals surface area contributed by atoms with Crippen LogP contribution in [0.15, 0.2) is 58.5 Å². The van der Waals surface area contributed by atoms with Crippen molar-refractivity contribution in [2.75, 3.05) is 0 Å². The van der Waals surface area contributed by atoms with E-state index >= 15 is 0 Å². The lowest BCUT2D eigenvalue weighted by Gasteiger charge is -2.10. The van der Waals surface area contributed by atoms with Gasteiger partial charge in [0.25, 0.3) is 0 Å². The number of alkyl halides is 3. The van der Waals surface area contributed by atoms with Crippen LogP contribution >= 0.6 is 23.4 Å². The van der Waals surface area contributed by atoms with Crippen LogP contribution in [0.4, 0.5) is 13.2 Å². The monoisotopic (exact) mass is 380 g/mol. The minimum atomic E-state index is -4.63. The summed E-state index contributed by atoms with van der Waals surface area (Å²) in [4.78, 5) is 5.12. The molecule has 0 saturated heterocycles. The predicted octanol–water partition coefficient (Wildman–Crippen LogP) is 5.10. The number of rotatable bonds is 2. The fourth-order valence-corrected chi connectivity index (χ4v) is 3.58. The van der Waals surface area contributed by atoms with Crippen molar-refractivity contribution < 1.29 is 13.2 Å². The fourth-order valence-electron chi connectivity index (χ4n) is 2.44. The van der Waals surface area contributed by atoms with Crippen molar-refractivity contribution in [3.05, 3.63) is 59.4 Å². The van der Waals surface area contributed by atoms with E-state index in [9.17, 15) is 13.2 Å². The molecule has 2 heterocycles. The lowest BCUT2D eigenvalue weighted by atomic mass is 10.3. The molecule has 0 spiro atoms. The molecule has 0 aliphatic rings. The van der Waals surface area contributed by atoms with Crippen LogP contribution in [-0.4, -0.2) is 19.6 Å². The van der Waals surface area contributed by atoms with E-state index in [-0.39, 0.29) is 5.65 Å². The maximum Gasteiger partial charge on any atom is 0.452 e. The second-order valence-electron chi connectivity index (χ2n) is 5.12. The molecular formula is C16H8ClF3N4S. The SMILES string of the molecule is FC(F)(F)c1nnc2c(Sc3ccccc3Cl)nc3ccccc3n12. The van der Waals surface area contributed by atoms with E-state index in [0.717, 1.165) is 16.2 Å². The summed E-state index contributed by atoms with van der Waals surface area (Å²) in [5, 5.41) is 7.85. The molecule has 0 fully saturated rings. The van der Waals surface area contributed by atoms with Gasteiger partial charge in [0.1, 0.15) is 5.03 Å². The number of benzene rings is 2. The van der Waals surface area contributed by atoms with Crippen molar-refractivity contribution in [3.63, 3.8) is 0 Å². The lowest BCUT2D eigenvalue weighted by molar-refractivity contribution is -0.145. The number of halogens is 4. The Labute approximate surface area is 148 Å². The van der Waals surface area contributed by atoms with E-state index in [0.29, 0.717) is 26.0 Å². The first-order chi connectivity index (χ1) is 11.9. The Balaban J connectivity index is 2.01. The van der Waals surface area contributed by atoms with E-state index in [1.807, 2.05) is 0 Å². The zero-order valence-electron chi connectivity index (χ0n) is 12.3. The van der Waals surface area contributed by atoms with E-state index in [1.54, 1.807) is 48.5 Å². The number of aromatic nitrogens is 4. The fraction of sp³-hybridized carbons (Fsp3) is 0.0625. The third-order valence-corrected chi connectivity index (χ3v) is 4.98. The second-order valence-corrected chi connectivity index (χ2v) is 6.56. The van der Waals surface area contributed by atoms with Gasteiger partial charge in [-0.3, -0.25) is 4.40 Å². The highest BCUT2D eigenvalue weighted by Crippen LogP contribution is 2.37. The van der Waals surface area contributed by atoms with Gasteiger partial charge in [0.05, 0.1) is 16.1 Å². The molecule has 0 saturated carbocycles. The number of fused-ring (bicyclic) bond motifs is 3. The average molecular weight is 381 g/mol. The van der Waals surface area contributed by atoms with Crippen molar-refractivity contribution >= 4 is 40.0 Å². The molecule has 4 nitrogen and oxygen atoms in total. The first kappa shape index (κ1) is 16.2. The summed E-state index contributed by atoms with van der Waals surface area (Å²) in [7, 11) is 0. The summed E-state index contributed by atoms with van der Waals surface area (Å²) in [6.45, 7) is 0. The van der Waals surface area contributed by atoms with E-state index in [2.05, 4.69) is 15.2 Å². The number of hydrogen-bond acceptors (Lipinski definition) is 4. The molecule has 0 unspecified atom stereocenters. The maximum absolute atomic E-state index is 13.3. The van der Waals surface area contributed by atoms with Crippen molar-refractivity contribution in [2.45, 2.75) is 16.1 Å². The third-order valence-electron chi connectivity index (χ3n) is 3.50. The van der Waals surface area contributed by atoms with Crippen LogP contribution in [0.5, 0.6) is 0 Å². The number of para-hydroxylation sites is 2. The minimum Gasteiger partial charge on any atom is -0.267 e. The van der Waals surface area contributed by atoms with E-state index in [4.69, 9.17) is 11.6 Å². The van der Waals surface area contributed by atoms with E-state index < -0.39 is 12.0 Å². The van der Waals surface area contributed by atoms with Gasteiger partial charge in [0, 0.05) is 4.90 Å². The van der Waals surface area contributed by atoms with Gasteiger partial charge in [0.2, 0.25) is 5.82 Å². The molecule has 4 aromatic rings. The van der Waals surface area contributed by atoms with Crippen LogP contribution in [0.25, 0.3) is 16.7 Å². The Hall–Kier alpha value is -2.32. The number of nitrogens with zero attached hydrogens (tertiary/aromatic N) is 4. The molecule has 0 bridgehead atoms. The molecule has 4 rings (SSSR count). The smallest absolute Gasteiger partial charge is 0.267 e. The Kier molecular flexibility index (Phi) is 3.81.